The normalized spacial score (nSPS) is 10.5. The van der Waals surface area contributed by atoms with Gasteiger partial charge in [0.15, 0.2) is 11.6 Å². The average Bonchev–Trinajstić information content (AvgIpc) is 2.95. The molecule has 0 aliphatic rings. The first kappa shape index (κ1) is 12.3. The van der Waals surface area contributed by atoms with Crippen LogP contribution in [0.2, 0.25) is 0 Å². The van der Waals surface area contributed by atoms with Gasteiger partial charge in [-0.25, -0.2) is 0 Å². The molecule has 0 fully saturated rings. The van der Waals surface area contributed by atoms with Crippen molar-refractivity contribution >= 4 is 0 Å². The minimum absolute atomic E-state index is 0.277. The number of ether oxygens (including phenoxy) is 1. The molecule has 7 heteroatoms. The molecule has 94 valence electrons. The Morgan fingerprint density at radius 1 is 1.33 bits per heavy atom. The van der Waals surface area contributed by atoms with E-state index in [2.05, 4.69) is 15.3 Å². The highest BCUT2D eigenvalue weighted by Crippen LogP contribution is 2.15. The Hall–Kier alpha value is -2.20. The van der Waals surface area contributed by atoms with Gasteiger partial charge in [0.2, 0.25) is 5.89 Å². The van der Waals surface area contributed by atoms with E-state index in [1.165, 1.54) is 0 Å². The summed E-state index contributed by atoms with van der Waals surface area (Å²) in [5.74, 6) is 1.35. The lowest BCUT2D eigenvalue weighted by Gasteiger charge is -1.92. The van der Waals surface area contributed by atoms with Gasteiger partial charge in [-0.2, -0.15) is 10.2 Å². The number of hydrogen-bond acceptors (Lipinski definition) is 7. The molecule has 7 nitrogen and oxygen atoms in total. The van der Waals surface area contributed by atoms with Crippen LogP contribution in [0.25, 0.3) is 0 Å². The van der Waals surface area contributed by atoms with E-state index in [0.717, 1.165) is 0 Å². The van der Waals surface area contributed by atoms with Crippen LogP contribution in [0, 0.1) is 18.3 Å². The Bertz CT molecular complexity index is 567. The van der Waals surface area contributed by atoms with Gasteiger partial charge in [-0.1, -0.05) is 10.3 Å². The Morgan fingerprint density at radius 2 is 2.17 bits per heavy atom. The molecule has 2 aromatic heterocycles. The Morgan fingerprint density at radius 3 is 2.89 bits per heavy atom. The van der Waals surface area contributed by atoms with Crippen molar-refractivity contribution in [1.82, 2.24) is 15.3 Å². The maximum atomic E-state index is 8.95. The van der Waals surface area contributed by atoms with Crippen LogP contribution in [0.4, 0.5) is 0 Å². The first-order valence-corrected chi connectivity index (χ1v) is 5.49. The number of rotatable bonds is 5. The third-order valence-corrected chi connectivity index (χ3v) is 2.31. The number of aromatic nitrogens is 3. The highest BCUT2D eigenvalue weighted by atomic mass is 16.5. The van der Waals surface area contributed by atoms with Gasteiger partial charge < -0.3 is 13.8 Å². The van der Waals surface area contributed by atoms with Crippen LogP contribution in [0.3, 0.4) is 0 Å². The monoisotopic (exact) mass is 248 g/mol. The first-order chi connectivity index (χ1) is 8.74. The molecule has 0 unspecified atom stereocenters. The minimum Gasteiger partial charge on any atom is -0.374 e. The maximum Gasteiger partial charge on any atom is 0.232 e. The summed E-state index contributed by atoms with van der Waals surface area (Å²) in [5, 5.41) is 16.5. The third kappa shape index (κ3) is 2.55. The van der Waals surface area contributed by atoms with Crippen molar-refractivity contribution in [2.45, 2.75) is 26.9 Å². The Kier molecular flexibility index (Phi) is 3.69. The first-order valence-electron chi connectivity index (χ1n) is 5.49. The van der Waals surface area contributed by atoms with Crippen LogP contribution >= 0.6 is 0 Å². The highest BCUT2D eigenvalue weighted by Gasteiger charge is 2.16. The zero-order valence-corrected chi connectivity index (χ0v) is 10.1. The highest BCUT2D eigenvalue weighted by molar-refractivity contribution is 5.36. The molecule has 0 spiro atoms. The zero-order valence-electron chi connectivity index (χ0n) is 10.1. The fraction of sp³-hybridized carbons (Fsp3) is 0.455. The molecule has 0 radical (unpaired) electrons. The van der Waals surface area contributed by atoms with Crippen molar-refractivity contribution in [1.29, 1.82) is 5.26 Å². The molecule has 0 atom stereocenters. The van der Waals surface area contributed by atoms with Gasteiger partial charge in [-0.15, -0.1) is 0 Å². The summed E-state index contributed by atoms with van der Waals surface area (Å²) >= 11 is 0. The van der Waals surface area contributed by atoms with E-state index in [1.807, 2.05) is 13.0 Å². The predicted molar refractivity (Wildman–Crippen MR) is 58.4 cm³/mol. The van der Waals surface area contributed by atoms with Crippen molar-refractivity contribution in [3.8, 4) is 6.07 Å². The predicted octanol–water partition coefficient (Wildman–Crippen LogP) is 1.36. The second kappa shape index (κ2) is 5.42. The van der Waals surface area contributed by atoms with E-state index >= 15 is 0 Å². The molecule has 0 saturated carbocycles. The largest absolute Gasteiger partial charge is 0.374 e. The lowest BCUT2D eigenvalue weighted by molar-refractivity contribution is 0.126. The van der Waals surface area contributed by atoms with Crippen LogP contribution < -0.4 is 0 Å². The van der Waals surface area contributed by atoms with Gasteiger partial charge >= 0.3 is 0 Å². The summed E-state index contributed by atoms with van der Waals surface area (Å²) in [4.78, 5) is 4.13. The summed E-state index contributed by atoms with van der Waals surface area (Å²) in [7, 11) is 0. The lowest BCUT2D eigenvalue weighted by atomic mass is 10.2. The standard InChI is InChI=1S/C11H12N4O3/c1-3-16-6-10-13-11(18-15-10)4-9-8(5-12)7(2)17-14-9/h3-4,6H2,1-2H3. The second-order valence-electron chi connectivity index (χ2n) is 3.59. The summed E-state index contributed by atoms with van der Waals surface area (Å²) in [6, 6.07) is 2.03. The molecular weight excluding hydrogens is 236 g/mol. The molecule has 2 rings (SSSR count). The number of nitriles is 1. The van der Waals surface area contributed by atoms with E-state index in [4.69, 9.17) is 19.0 Å². The van der Waals surface area contributed by atoms with Gasteiger partial charge in [-0.05, 0) is 13.8 Å². The van der Waals surface area contributed by atoms with E-state index in [0.29, 0.717) is 41.9 Å². The van der Waals surface area contributed by atoms with Crippen LogP contribution in [-0.4, -0.2) is 21.9 Å². The summed E-state index contributed by atoms with van der Waals surface area (Å²) < 4.78 is 15.1. The summed E-state index contributed by atoms with van der Waals surface area (Å²) in [6.45, 7) is 4.47. The number of nitrogens with zero attached hydrogens (tertiary/aromatic N) is 4. The van der Waals surface area contributed by atoms with Gasteiger partial charge in [0.05, 0.1) is 6.42 Å². The van der Waals surface area contributed by atoms with E-state index in [9.17, 15) is 0 Å². The smallest absolute Gasteiger partial charge is 0.232 e. The molecule has 0 saturated heterocycles. The second-order valence-corrected chi connectivity index (χ2v) is 3.59. The van der Waals surface area contributed by atoms with Crippen molar-refractivity contribution in [2.24, 2.45) is 0 Å². The van der Waals surface area contributed by atoms with Crippen LogP contribution in [0.1, 0.15) is 35.7 Å². The van der Waals surface area contributed by atoms with Crippen molar-refractivity contribution in [3.63, 3.8) is 0 Å². The topological polar surface area (TPSA) is 98.0 Å². The summed E-state index contributed by atoms with van der Waals surface area (Å²) in [6.07, 6.45) is 0.277. The molecule has 0 amide bonds. The van der Waals surface area contributed by atoms with Gasteiger partial charge in [-0.3, -0.25) is 0 Å². The molecule has 0 aliphatic carbocycles. The third-order valence-electron chi connectivity index (χ3n) is 2.31. The Labute approximate surface area is 103 Å². The van der Waals surface area contributed by atoms with Gasteiger partial charge in [0.25, 0.3) is 0 Å². The fourth-order valence-corrected chi connectivity index (χ4v) is 1.44. The molecule has 0 aromatic carbocycles. The molecule has 2 heterocycles. The number of aryl methyl sites for hydroxylation is 1. The molecule has 18 heavy (non-hydrogen) atoms. The Balaban J connectivity index is 2.09. The molecule has 2 aromatic rings. The van der Waals surface area contributed by atoms with Crippen LogP contribution in [-0.2, 0) is 17.8 Å². The van der Waals surface area contributed by atoms with Crippen molar-refractivity contribution in [3.05, 3.63) is 28.7 Å². The lowest BCUT2D eigenvalue weighted by Crippen LogP contribution is -1.95. The van der Waals surface area contributed by atoms with E-state index < -0.39 is 0 Å². The fourth-order valence-electron chi connectivity index (χ4n) is 1.44. The molecule has 0 N–H and O–H groups in total. The van der Waals surface area contributed by atoms with Crippen LogP contribution in [0.5, 0.6) is 0 Å². The zero-order chi connectivity index (χ0) is 13.0. The van der Waals surface area contributed by atoms with Gasteiger partial charge in [0.1, 0.15) is 23.9 Å². The van der Waals surface area contributed by atoms with Gasteiger partial charge in [0, 0.05) is 6.61 Å². The minimum atomic E-state index is 0.277. The van der Waals surface area contributed by atoms with E-state index in [1.54, 1.807) is 6.92 Å². The average molecular weight is 248 g/mol. The maximum absolute atomic E-state index is 8.95. The van der Waals surface area contributed by atoms with Crippen molar-refractivity contribution < 1.29 is 13.8 Å². The number of hydrogen-bond donors (Lipinski definition) is 0. The van der Waals surface area contributed by atoms with Crippen LogP contribution in [0.15, 0.2) is 9.05 Å². The summed E-state index contributed by atoms with van der Waals surface area (Å²) in [5.41, 5.74) is 0.918. The van der Waals surface area contributed by atoms with E-state index in [-0.39, 0.29) is 6.42 Å². The SMILES string of the molecule is CCOCc1noc(Cc2noc(C)c2C#N)n1. The quantitative estimate of drug-likeness (QED) is 0.787. The molecule has 0 bridgehead atoms. The molecule has 0 aliphatic heterocycles. The molecular formula is C11H12N4O3. The van der Waals surface area contributed by atoms with Crippen molar-refractivity contribution in [2.75, 3.05) is 6.61 Å².